The summed E-state index contributed by atoms with van der Waals surface area (Å²) in [5.74, 6) is 0. The van der Waals surface area contributed by atoms with E-state index in [1.807, 2.05) is 0 Å². The molecular formula is C10H18N2OS2. The minimum Gasteiger partial charge on any atom is -0.378 e. The first-order valence-electron chi connectivity index (χ1n) is 5.66. The van der Waals surface area contributed by atoms with Crippen molar-refractivity contribution in [3.05, 3.63) is 0 Å². The molecule has 0 atom stereocenters. The van der Waals surface area contributed by atoms with Crippen molar-refractivity contribution in [3.63, 3.8) is 0 Å². The third kappa shape index (κ3) is 3.59. The van der Waals surface area contributed by atoms with Crippen molar-refractivity contribution >= 4 is 28.5 Å². The van der Waals surface area contributed by atoms with Crippen molar-refractivity contribution in [3.8, 4) is 0 Å². The van der Waals surface area contributed by atoms with Gasteiger partial charge in [-0.25, -0.2) is 4.31 Å². The Morgan fingerprint density at radius 3 is 2.33 bits per heavy atom. The standard InChI is InChI=1S/C10H18N2OS2/c14-10(11-6-8-13-9-7-11)15-12-4-2-1-3-5-12/h1-9H2. The first-order chi connectivity index (χ1) is 7.36. The lowest BCUT2D eigenvalue weighted by atomic mass is 10.2. The quantitative estimate of drug-likeness (QED) is 0.516. The topological polar surface area (TPSA) is 15.7 Å². The molecule has 2 fully saturated rings. The van der Waals surface area contributed by atoms with Gasteiger partial charge in [-0.1, -0.05) is 18.6 Å². The Balaban J connectivity index is 1.74. The lowest BCUT2D eigenvalue weighted by Crippen LogP contribution is -2.40. The van der Waals surface area contributed by atoms with Gasteiger partial charge in [0, 0.05) is 26.2 Å². The molecule has 0 aromatic rings. The van der Waals surface area contributed by atoms with E-state index in [1.165, 1.54) is 32.4 Å². The van der Waals surface area contributed by atoms with Crippen LogP contribution in [0.1, 0.15) is 19.3 Å². The molecule has 0 radical (unpaired) electrons. The van der Waals surface area contributed by atoms with Gasteiger partial charge in [-0.3, -0.25) is 0 Å². The van der Waals surface area contributed by atoms with E-state index in [4.69, 9.17) is 17.0 Å². The van der Waals surface area contributed by atoms with Crippen LogP contribution in [0.5, 0.6) is 0 Å². The number of piperidine rings is 1. The Bertz CT molecular complexity index is 213. The maximum Gasteiger partial charge on any atom is 0.151 e. The van der Waals surface area contributed by atoms with Gasteiger partial charge in [0.2, 0.25) is 0 Å². The van der Waals surface area contributed by atoms with Gasteiger partial charge in [0.1, 0.15) is 0 Å². The van der Waals surface area contributed by atoms with E-state index in [9.17, 15) is 0 Å². The van der Waals surface area contributed by atoms with Gasteiger partial charge in [0.05, 0.1) is 13.2 Å². The summed E-state index contributed by atoms with van der Waals surface area (Å²) in [7, 11) is 0. The van der Waals surface area contributed by atoms with Crippen LogP contribution in [0.4, 0.5) is 0 Å². The third-order valence-corrected chi connectivity index (χ3v) is 4.31. The Morgan fingerprint density at radius 1 is 1.00 bits per heavy atom. The van der Waals surface area contributed by atoms with E-state index in [1.54, 1.807) is 11.9 Å². The number of thiocarbonyl (C=S) groups is 1. The molecule has 0 saturated carbocycles. The summed E-state index contributed by atoms with van der Waals surface area (Å²) in [6, 6.07) is 0. The molecule has 0 amide bonds. The van der Waals surface area contributed by atoms with Crippen molar-refractivity contribution in [2.75, 3.05) is 39.4 Å². The van der Waals surface area contributed by atoms with E-state index in [-0.39, 0.29) is 0 Å². The SMILES string of the molecule is S=C(SN1CCCCC1)N1CCOCC1. The minimum absolute atomic E-state index is 0.820. The molecule has 0 aromatic carbocycles. The highest BCUT2D eigenvalue weighted by Crippen LogP contribution is 2.21. The predicted octanol–water partition coefficient (Wildman–Crippen LogP) is 1.74. The molecule has 0 N–H and O–H groups in total. The lowest BCUT2D eigenvalue weighted by molar-refractivity contribution is 0.0701. The molecule has 2 aliphatic rings. The van der Waals surface area contributed by atoms with E-state index in [0.29, 0.717) is 0 Å². The summed E-state index contributed by atoms with van der Waals surface area (Å²) < 4.78 is 8.75. The van der Waals surface area contributed by atoms with Gasteiger partial charge in [-0.15, -0.1) is 0 Å². The van der Waals surface area contributed by atoms with Crippen molar-refractivity contribution in [1.82, 2.24) is 9.21 Å². The molecule has 0 unspecified atom stereocenters. The zero-order valence-corrected chi connectivity index (χ0v) is 10.6. The highest BCUT2D eigenvalue weighted by Gasteiger charge is 2.18. The monoisotopic (exact) mass is 246 g/mol. The second kappa shape index (κ2) is 6.03. The number of morpholine rings is 1. The fraction of sp³-hybridized carbons (Fsp3) is 0.900. The average Bonchev–Trinajstić information content (AvgIpc) is 2.31. The lowest BCUT2D eigenvalue weighted by Gasteiger charge is -2.32. The van der Waals surface area contributed by atoms with Gasteiger partial charge in [-0.05, 0) is 24.8 Å². The normalized spacial score (nSPS) is 24.1. The second-order valence-corrected chi connectivity index (χ2v) is 5.68. The average molecular weight is 246 g/mol. The van der Waals surface area contributed by atoms with Crippen LogP contribution in [0.25, 0.3) is 0 Å². The maximum atomic E-state index is 5.45. The van der Waals surface area contributed by atoms with Crippen LogP contribution in [-0.2, 0) is 4.74 Å². The first kappa shape index (κ1) is 11.6. The van der Waals surface area contributed by atoms with Gasteiger partial charge < -0.3 is 9.64 Å². The first-order valence-corrected chi connectivity index (χ1v) is 6.84. The third-order valence-electron chi connectivity index (χ3n) is 2.79. The summed E-state index contributed by atoms with van der Waals surface area (Å²) in [4.78, 5) is 2.26. The summed E-state index contributed by atoms with van der Waals surface area (Å²) in [5, 5.41) is 0. The summed E-state index contributed by atoms with van der Waals surface area (Å²) in [5.41, 5.74) is 0. The second-order valence-electron chi connectivity index (χ2n) is 3.95. The van der Waals surface area contributed by atoms with E-state index >= 15 is 0 Å². The molecule has 15 heavy (non-hydrogen) atoms. The Labute approximate surface area is 101 Å². The largest absolute Gasteiger partial charge is 0.378 e. The summed E-state index contributed by atoms with van der Waals surface area (Å²) in [6.45, 7) is 5.94. The van der Waals surface area contributed by atoms with Gasteiger partial charge in [-0.2, -0.15) is 0 Å². The number of hydrogen-bond donors (Lipinski definition) is 0. The molecule has 3 nitrogen and oxygen atoms in total. The highest BCUT2D eigenvalue weighted by atomic mass is 32.2. The van der Waals surface area contributed by atoms with Crippen LogP contribution in [0, 0.1) is 0 Å². The molecule has 2 heterocycles. The molecule has 2 aliphatic heterocycles. The van der Waals surface area contributed by atoms with Crippen molar-refractivity contribution < 1.29 is 4.74 Å². The summed E-state index contributed by atoms with van der Waals surface area (Å²) >= 11 is 7.21. The predicted molar refractivity (Wildman–Crippen MR) is 68.0 cm³/mol. The van der Waals surface area contributed by atoms with E-state index in [2.05, 4.69) is 9.21 Å². The van der Waals surface area contributed by atoms with Crippen LogP contribution < -0.4 is 0 Å². The van der Waals surface area contributed by atoms with Crippen molar-refractivity contribution in [2.24, 2.45) is 0 Å². The smallest absolute Gasteiger partial charge is 0.151 e. The number of hydrogen-bond acceptors (Lipinski definition) is 4. The van der Waals surface area contributed by atoms with Gasteiger partial charge in [0.15, 0.2) is 4.32 Å². The molecular weight excluding hydrogens is 228 g/mol. The van der Waals surface area contributed by atoms with Crippen LogP contribution in [0.3, 0.4) is 0 Å². The molecule has 0 bridgehead atoms. The molecule has 0 spiro atoms. The Hall–Kier alpha value is 0.160. The maximum absolute atomic E-state index is 5.45. The molecule has 2 rings (SSSR count). The number of rotatable bonds is 1. The molecule has 0 aromatic heterocycles. The number of nitrogens with zero attached hydrogens (tertiary/aromatic N) is 2. The van der Waals surface area contributed by atoms with Crippen LogP contribution in [-0.4, -0.2) is 52.9 Å². The van der Waals surface area contributed by atoms with Crippen molar-refractivity contribution in [2.45, 2.75) is 19.3 Å². The molecule has 86 valence electrons. The van der Waals surface area contributed by atoms with Crippen molar-refractivity contribution in [1.29, 1.82) is 0 Å². The highest BCUT2D eigenvalue weighted by molar-refractivity contribution is 8.21. The van der Waals surface area contributed by atoms with E-state index < -0.39 is 0 Å². The van der Waals surface area contributed by atoms with Gasteiger partial charge >= 0.3 is 0 Å². The fourth-order valence-electron chi connectivity index (χ4n) is 1.87. The molecule has 0 aliphatic carbocycles. The zero-order chi connectivity index (χ0) is 10.5. The van der Waals surface area contributed by atoms with Crippen LogP contribution in [0.2, 0.25) is 0 Å². The number of ether oxygens (including phenoxy) is 1. The van der Waals surface area contributed by atoms with E-state index in [0.717, 1.165) is 30.6 Å². The Morgan fingerprint density at radius 2 is 1.67 bits per heavy atom. The summed E-state index contributed by atoms with van der Waals surface area (Å²) in [6.07, 6.45) is 4.01. The van der Waals surface area contributed by atoms with Crippen LogP contribution in [0.15, 0.2) is 0 Å². The Kier molecular flexibility index (Phi) is 4.68. The van der Waals surface area contributed by atoms with Gasteiger partial charge in [0.25, 0.3) is 0 Å². The van der Waals surface area contributed by atoms with Crippen LogP contribution >= 0.6 is 24.2 Å². The molecule has 5 heteroatoms. The molecule has 2 saturated heterocycles. The minimum atomic E-state index is 0.820. The zero-order valence-electron chi connectivity index (χ0n) is 8.98. The fourth-order valence-corrected chi connectivity index (χ4v) is 3.33.